The zero-order chi connectivity index (χ0) is 12.4. The molecular formula is C13H14O4. The molecule has 17 heavy (non-hydrogen) atoms. The van der Waals surface area contributed by atoms with Crippen LogP contribution in [0.3, 0.4) is 0 Å². The van der Waals surface area contributed by atoms with Crippen molar-refractivity contribution < 1.29 is 14.6 Å². The maximum absolute atomic E-state index is 12.1. The number of aliphatic hydroxyl groups excluding tert-OH is 2. The third-order valence-corrected chi connectivity index (χ3v) is 2.61. The second-order valence-electron chi connectivity index (χ2n) is 4.04. The highest BCUT2D eigenvalue weighted by Crippen LogP contribution is 2.17. The molecule has 0 aliphatic rings. The molecule has 2 N–H and O–H groups in total. The number of benzene rings is 1. The fourth-order valence-corrected chi connectivity index (χ4v) is 1.82. The summed E-state index contributed by atoms with van der Waals surface area (Å²) in [5.41, 5.74) is 0.472. The van der Waals surface area contributed by atoms with Crippen LogP contribution in [0.1, 0.15) is 18.2 Å². The Balaban J connectivity index is 2.71. The number of hydrogen-bond acceptors (Lipinski definition) is 4. The average Bonchev–Trinajstić information content (AvgIpc) is 2.29. The molecule has 90 valence electrons. The molecule has 0 saturated heterocycles. The Labute approximate surface area is 98.1 Å². The van der Waals surface area contributed by atoms with Crippen molar-refractivity contribution in [1.82, 2.24) is 0 Å². The van der Waals surface area contributed by atoms with Gasteiger partial charge in [0, 0.05) is 6.42 Å². The Hall–Kier alpha value is -1.65. The number of fused-ring (bicyclic) bond motifs is 1. The molecule has 0 fully saturated rings. The Bertz CT molecular complexity index is 583. The highest BCUT2D eigenvalue weighted by atomic mass is 16.3. The van der Waals surface area contributed by atoms with Gasteiger partial charge in [0.05, 0.1) is 23.7 Å². The zero-order valence-corrected chi connectivity index (χ0v) is 9.51. The van der Waals surface area contributed by atoms with Crippen molar-refractivity contribution in [2.75, 3.05) is 0 Å². The van der Waals surface area contributed by atoms with Gasteiger partial charge in [0.2, 0.25) is 0 Å². The van der Waals surface area contributed by atoms with Gasteiger partial charge in [-0.15, -0.1) is 0 Å². The van der Waals surface area contributed by atoms with E-state index in [0.29, 0.717) is 16.7 Å². The maximum atomic E-state index is 12.1. The van der Waals surface area contributed by atoms with Crippen LogP contribution in [0.2, 0.25) is 0 Å². The van der Waals surface area contributed by atoms with Gasteiger partial charge in [-0.25, -0.2) is 0 Å². The molecule has 0 amide bonds. The third-order valence-electron chi connectivity index (χ3n) is 2.61. The largest absolute Gasteiger partial charge is 0.460 e. The van der Waals surface area contributed by atoms with E-state index in [9.17, 15) is 15.0 Å². The van der Waals surface area contributed by atoms with E-state index in [2.05, 4.69) is 0 Å². The molecule has 0 saturated carbocycles. The number of rotatable bonds is 3. The summed E-state index contributed by atoms with van der Waals surface area (Å²) in [6.45, 7) is 1.23. The van der Waals surface area contributed by atoms with E-state index in [1.165, 1.54) is 0 Å². The van der Waals surface area contributed by atoms with Crippen molar-refractivity contribution in [3.8, 4) is 0 Å². The number of para-hydroxylation sites is 1. The minimum Gasteiger partial charge on any atom is -0.460 e. The molecule has 0 aliphatic heterocycles. The number of aliphatic hydroxyl groups is 2. The lowest BCUT2D eigenvalue weighted by molar-refractivity contribution is 0.185. The predicted octanol–water partition coefficient (Wildman–Crippen LogP) is 1.21. The molecule has 1 aromatic carbocycles. The second-order valence-corrected chi connectivity index (χ2v) is 4.04. The number of hydrogen-bond donors (Lipinski definition) is 2. The summed E-state index contributed by atoms with van der Waals surface area (Å²) in [7, 11) is 0. The van der Waals surface area contributed by atoms with Crippen molar-refractivity contribution in [3.63, 3.8) is 0 Å². The molecule has 1 atom stereocenters. The monoisotopic (exact) mass is 234 g/mol. The molecule has 0 spiro atoms. The van der Waals surface area contributed by atoms with E-state index in [1.807, 2.05) is 0 Å². The molecule has 1 aromatic heterocycles. The summed E-state index contributed by atoms with van der Waals surface area (Å²) in [5, 5.41) is 19.0. The van der Waals surface area contributed by atoms with E-state index < -0.39 is 6.10 Å². The van der Waals surface area contributed by atoms with E-state index in [1.54, 1.807) is 31.2 Å². The zero-order valence-electron chi connectivity index (χ0n) is 9.51. The molecule has 4 heteroatoms. The van der Waals surface area contributed by atoms with E-state index in [0.717, 1.165) is 0 Å². The van der Waals surface area contributed by atoms with Crippen molar-refractivity contribution in [2.45, 2.75) is 26.1 Å². The highest BCUT2D eigenvalue weighted by Gasteiger charge is 2.14. The van der Waals surface area contributed by atoms with Crippen LogP contribution in [0.4, 0.5) is 0 Å². The fraction of sp³-hybridized carbons (Fsp3) is 0.308. The topological polar surface area (TPSA) is 70.7 Å². The fourth-order valence-electron chi connectivity index (χ4n) is 1.82. The molecule has 0 bridgehead atoms. The van der Waals surface area contributed by atoms with Gasteiger partial charge in [-0.05, 0) is 19.1 Å². The van der Waals surface area contributed by atoms with Crippen LogP contribution in [0.15, 0.2) is 33.5 Å². The summed E-state index contributed by atoms with van der Waals surface area (Å²) in [4.78, 5) is 12.1. The molecule has 2 rings (SSSR count). The van der Waals surface area contributed by atoms with Gasteiger partial charge in [-0.2, -0.15) is 0 Å². The lowest BCUT2D eigenvalue weighted by Gasteiger charge is -2.09. The van der Waals surface area contributed by atoms with E-state index in [4.69, 9.17) is 4.42 Å². The first-order valence-electron chi connectivity index (χ1n) is 5.46. The van der Waals surface area contributed by atoms with Crippen LogP contribution in [0.25, 0.3) is 11.0 Å². The van der Waals surface area contributed by atoms with Gasteiger partial charge in [-0.1, -0.05) is 12.1 Å². The molecule has 2 aromatic rings. The summed E-state index contributed by atoms with van der Waals surface area (Å²) in [6, 6.07) is 6.88. The van der Waals surface area contributed by atoms with E-state index >= 15 is 0 Å². The maximum Gasteiger partial charge on any atom is 0.198 e. The van der Waals surface area contributed by atoms with Gasteiger partial charge in [0.1, 0.15) is 11.3 Å². The molecule has 1 unspecified atom stereocenters. The van der Waals surface area contributed by atoms with Gasteiger partial charge in [0.25, 0.3) is 0 Å². The first kappa shape index (κ1) is 11.8. The molecule has 0 radical (unpaired) electrons. The van der Waals surface area contributed by atoms with Crippen LogP contribution in [0, 0.1) is 0 Å². The lowest BCUT2D eigenvalue weighted by atomic mass is 10.1. The van der Waals surface area contributed by atoms with Crippen molar-refractivity contribution in [2.24, 2.45) is 0 Å². The van der Waals surface area contributed by atoms with Crippen LogP contribution in [-0.2, 0) is 13.0 Å². The van der Waals surface area contributed by atoms with Crippen LogP contribution in [0.5, 0.6) is 0 Å². The van der Waals surface area contributed by atoms with Crippen molar-refractivity contribution >= 4 is 11.0 Å². The Morgan fingerprint density at radius 2 is 2.06 bits per heavy atom. The van der Waals surface area contributed by atoms with Gasteiger partial charge < -0.3 is 14.6 Å². The van der Waals surface area contributed by atoms with Crippen LogP contribution < -0.4 is 5.43 Å². The second kappa shape index (κ2) is 4.69. The average molecular weight is 234 g/mol. The van der Waals surface area contributed by atoms with Crippen LogP contribution >= 0.6 is 0 Å². The van der Waals surface area contributed by atoms with Crippen LogP contribution in [-0.4, -0.2) is 16.3 Å². The van der Waals surface area contributed by atoms with Crippen molar-refractivity contribution in [1.29, 1.82) is 0 Å². The first-order chi connectivity index (χ1) is 8.13. The first-order valence-corrected chi connectivity index (χ1v) is 5.46. The van der Waals surface area contributed by atoms with Gasteiger partial charge in [0.15, 0.2) is 5.43 Å². The quantitative estimate of drug-likeness (QED) is 0.837. The minimum absolute atomic E-state index is 0.218. The molecule has 0 aliphatic carbocycles. The Kier molecular flexibility index (Phi) is 3.26. The lowest BCUT2D eigenvalue weighted by Crippen LogP contribution is -2.16. The summed E-state index contributed by atoms with van der Waals surface area (Å²) < 4.78 is 5.56. The Morgan fingerprint density at radius 1 is 1.35 bits per heavy atom. The van der Waals surface area contributed by atoms with Gasteiger partial charge >= 0.3 is 0 Å². The molecular weight excluding hydrogens is 220 g/mol. The Morgan fingerprint density at radius 3 is 2.71 bits per heavy atom. The molecule has 1 heterocycles. The highest BCUT2D eigenvalue weighted by molar-refractivity contribution is 5.77. The van der Waals surface area contributed by atoms with Crippen molar-refractivity contribution in [3.05, 3.63) is 45.8 Å². The normalized spacial score (nSPS) is 12.9. The summed E-state index contributed by atoms with van der Waals surface area (Å²) in [6.07, 6.45) is -0.403. The van der Waals surface area contributed by atoms with E-state index in [-0.39, 0.29) is 24.0 Å². The SMILES string of the molecule is CC(O)Cc1oc2ccccc2c(=O)c1CO. The smallest absolute Gasteiger partial charge is 0.198 e. The standard InChI is InChI=1S/C13H14O4/c1-8(15)6-12-10(7-14)13(16)9-4-2-3-5-11(9)17-12/h2-5,8,14-15H,6-7H2,1H3. The van der Waals surface area contributed by atoms with Gasteiger partial charge in [-0.3, -0.25) is 4.79 Å². The summed E-state index contributed by atoms with van der Waals surface area (Å²) in [5.74, 6) is 0.353. The summed E-state index contributed by atoms with van der Waals surface area (Å²) >= 11 is 0. The molecule has 4 nitrogen and oxygen atoms in total. The third kappa shape index (κ3) is 2.23. The predicted molar refractivity (Wildman–Crippen MR) is 63.8 cm³/mol. The minimum atomic E-state index is -0.621.